The summed E-state index contributed by atoms with van der Waals surface area (Å²) in [4.78, 5) is 5.10. The summed E-state index contributed by atoms with van der Waals surface area (Å²) in [5.74, 6) is 0.304. The first kappa shape index (κ1) is 16.2. The van der Waals surface area contributed by atoms with Crippen molar-refractivity contribution in [3.63, 3.8) is 0 Å². The second-order valence-electron chi connectivity index (χ2n) is 5.42. The number of aromatic nitrogens is 1. The number of nitrogens with one attached hydrogen (secondary N) is 2. The summed E-state index contributed by atoms with van der Waals surface area (Å²) in [5.41, 5.74) is 0.843. The Morgan fingerprint density at radius 1 is 1.35 bits per heavy atom. The van der Waals surface area contributed by atoms with Crippen LogP contribution in [-0.2, 0) is 14.8 Å². The number of hydrogen-bond donors (Lipinski definition) is 2. The first-order valence-corrected chi connectivity index (χ1v) is 9.74. The van der Waals surface area contributed by atoms with Gasteiger partial charge in [0, 0.05) is 18.0 Å². The molecule has 0 amide bonds. The van der Waals surface area contributed by atoms with E-state index in [2.05, 4.69) is 15.0 Å². The van der Waals surface area contributed by atoms with E-state index in [0.29, 0.717) is 5.82 Å². The van der Waals surface area contributed by atoms with Gasteiger partial charge in [-0.3, -0.25) is 4.72 Å². The van der Waals surface area contributed by atoms with Gasteiger partial charge in [0.15, 0.2) is 0 Å². The molecule has 0 aromatic carbocycles. The van der Waals surface area contributed by atoms with Crippen LogP contribution in [0.3, 0.4) is 0 Å². The zero-order valence-electron chi connectivity index (χ0n) is 12.8. The van der Waals surface area contributed by atoms with Crippen LogP contribution in [0.25, 0.3) is 0 Å². The molecule has 1 atom stereocenters. The molecule has 23 heavy (non-hydrogen) atoms. The van der Waals surface area contributed by atoms with E-state index < -0.39 is 10.0 Å². The Morgan fingerprint density at radius 3 is 2.83 bits per heavy atom. The van der Waals surface area contributed by atoms with Gasteiger partial charge in [0.2, 0.25) is 0 Å². The standard InChI is InChI=1S/C15H19N3O3S2/c1-11-4-7-15(22-11)23(19,20)18-14-6-5-12(9-17-14)16-10-13-3-2-8-21-13/h4-7,9,13,16H,2-3,8,10H2,1H3,(H,17,18). The number of pyridine rings is 1. The Bertz CT molecular complexity index is 751. The van der Waals surface area contributed by atoms with Gasteiger partial charge in [-0.1, -0.05) is 0 Å². The minimum atomic E-state index is -3.57. The average Bonchev–Trinajstić information content (AvgIpc) is 3.18. The number of rotatable bonds is 6. The van der Waals surface area contributed by atoms with Gasteiger partial charge in [0.1, 0.15) is 10.0 Å². The Labute approximate surface area is 140 Å². The van der Waals surface area contributed by atoms with Crippen molar-refractivity contribution in [2.24, 2.45) is 0 Å². The monoisotopic (exact) mass is 353 g/mol. The molecule has 0 spiro atoms. The fourth-order valence-electron chi connectivity index (χ4n) is 2.34. The number of anilines is 2. The molecule has 0 radical (unpaired) electrons. The molecule has 6 nitrogen and oxygen atoms in total. The van der Waals surface area contributed by atoms with Crippen molar-refractivity contribution >= 4 is 32.9 Å². The fourth-order valence-corrected chi connectivity index (χ4v) is 4.63. The van der Waals surface area contributed by atoms with E-state index in [4.69, 9.17) is 4.74 Å². The molecule has 1 saturated heterocycles. The molecule has 2 aromatic heterocycles. The molecule has 1 fully saturated rings. The second kappa shape index (κ2) is 6.86. The van der Waals surface area contributed by atoms with E-state index >= 15 is 0 Å². The summed E-state index contributed by atoms with van der Waals surface area (Å²) in [6.07, 6.45) is 4.04. The molecule has 124 valence electrons. The van der Waals surface area contributed by atoms with Crippen LogP contribution in [0.5, 0.6) is 0 Å². The quantitative estimate of drug-likeness (QED) is 0.835. The lowest BCUT2D eigenvalue weighted by Crippen LogP contribution is -2.18. The smallest absolute Gasteiger partial charge is 0.272 e. The lowest BCUT2D eigenvalue weighted by atomic mass is 10.2. The second-order valence-corrected chi connectivity index (χ2v) is 8.62. The third-order valence-corrected chi connectivity index (χ3v) is 6.39. The average molecular weight is 353 g/mol. The Morgan fingerprint density at radius 2 is 2.22 bits per heavy atom. The first-order chi connectivity index (χ1) is 11.0. The molecule has 3 rings (SSSR count). The van der Waals surface area contributed by atoms with Crippen LogP contribution in [0.4, 0.5) is 11.5 Å². The van der Waals surface area contributed by atoms with Crippen molar-refractivity contribution in [3.8, 4) is 0 Å². The molecule has 0 aliphatic carbocycles. The van der Waals surface area contributed by atoms with Crippen LogP contribution in [-0.4, -0.2) is 32.7 Å². The van der Waals surface area contributed by atoms with Gasteiger partial charge < -0.3 is 10.1 Å². The van der Waals surface area contributed by atoms with E-state index in [1.807, 2.05) is 6.92 Å². The molecule has 2 N–H and O–H groups in total. The normalized spacial score (nSPS) is 18.0. The van der Waals surface area contributed by atoms with E-state index in [1.54, 1.807) is 30.5 Å². The van der Waals surface area contributed by atoms with Crippen LogP contribution in [0.2, 0.25) is 0 Å². The number of ether oxygens (including phenoxy) is 1. The maximum absolute atomic E-state index is 12.2. The van der Waals surface area contributed by atoms with Gasteiger partial charge in [-0.25, -0.2) is 13.4 Å². The fraction of sp³-hybridized carbons (Fsp3) is 0.400. The summed E-state index contributed by atoms with van der Waals surface area (Å²) in [7, 11) is -3.57. The summed E-state index contributed by atoms with van der Waals surface area (Å²) >= 11 is 1.23. The lowest BCUT2D eigenvalue weighted by molar-refractivity contribution is 0.120. The maximum Gasteiger partial charge on any atom is 0.272 e. The van der Waals surface area contributed by atoms with Gasteiger partial charge in [-0.2, -0.15) is 0 Å². The highest BCUT2D eigenvalue weighted by atomic mass is 32.2. The van der Waals surface area contributed by atoms with Gasteiger partial charge in [0.05, 0.1) is 18.0 Å². The lowest BCUT2D eigenvalue weighted by Gasteiger charge is -2.12. The van der Waals surface area contributed by atoms with Gasteiger partial charge >= 0.3 is 0 Å². The molecule has 3 heterocycles. The van der Waals surface area contributed by atoms with E-state index in [1.165, 1.54) is 11.3 Å². The summed E-state index contributed by atoms with van der Waals surface area (Å²) in [5, 5.41) is 3.25. The maximum atomic E-state index is 12.2. The molecule has 1 aliphatic rings. The number of thiophene rings is 1. The third kappa shape index (κ3) is 4.21. The number of hydrogen-bond acceptors (Lipinski definition) is 6. The van der Waals surface area contributed by atoms with Crippen molar-refractivity contribution < 1.29 is 13.2 Å². The Hall–Kier alpha value is -1.64. The summed E-state index contributed by atoms with van der Waals surface area (Å²) < 4.78 is 32.8. The van der Waals surface area contributed by atoms with Crippen molar-refractivity contribution in [2.45, 2.75) is 30.1 Å². The van der Waals surface area contributed by atoms with E-state index in [-0.39, 0.29) is 10.3 Å². The van der Waals surface area contributed by atoms with Gasteiger partial charge in [-0.05, 0) is 44.0 Å². The minimum Gasteiger partial charge on any atom is -0.381 e. The summed E-state index contributed by atoms with van der Waals surface area (Å²) in [6.45, 7) is 3.44. The Balaban J connectivity index is 1.60. The first-order valence-electron chi connectivity index (χ1n) is 7.44. The molecule has 1 aliphatic heterocycles. The predicted molar refractivity (Wildman–Crippen MR) is 91.6 cm³/mol. The highest BCUT2D eigenvalue weighted by Crippen LogP contribution is 2.23. The number of aryl methyl sites for hydroxylation is 1. The van der Waals surface area contributed by atoms with Crippen LogP contribution in [0.15, 0.2) is 34.7 Å². The van der Waals surface area contributed by atoms with Crippen LogP contribution >= 0.6 is 11.3 Å². The van der Waals surface area contributed by atoms with Crippen molar-refractivity contribution in [1.82, 2.24) is 4.98 Å². The van der Waals surface area contributed by atoms with Crippen LogP contribution in [0, 0.1) is 6.92 Å². The molecule has 0 saturated carbocycles. The molecule has 0 bridgehead atoms. The summed E-state index contributed by atoms with van der Waals surface area (Å²) in [6, 6.07) is 6.83. The van der Waals surface area contributed by atoms with Crippen molar-refractivity contribution in [3.05, 3.63) is 35.3 Å². The minimum absolute atomic E-state index is 0.246. The largest absolute Gasteiger partial charge is 0.381 e. The number of sulfonamides is 1. The zero-order chi connectivity index (χ0) is 16.3. The molecule has 8 heteroatoms. The molecule has 1 unspecified atom stereocenters. The van der Waals surface area contributed by atoms with Crippen LogP contribution in [0.1, 0.15) is 17.7 Å². The molecule has 2 aromatic rings. The SMILES string of the molecule is Cc1ccc(S(=O)(=O)Nc2ccc(NCC3CCCO3)cn2)s1. The highest BCUT2D eigenvalue weighted by Gasteiger charge is 2.17. The Kier molecular flexibility index (Phi) is 4.84. The van der Waals surface area contributed by atoms with Gasteiger partial charge in [0.25, 0.3) is 10.0 Å². The predicted octanol–water partition coefficient (Wildman–Crippen LogP) is 2.84. The topological polar surface area (TPSA) is 80.3 Å². The molecular formula is C15H19N3O3S2. The van der Waals surface area contributed by atoms with E-state index in [0.717, 1.165) is 36.6 Å². The third-order valence-electron chi connectivity index (χ3n) is 3.54. The van der Waals surface area contributed by atoms with Crippen molar-refractivity contribution in [1.29, 1.82) is 0 Å². The van der Waals surface area contributed by atoms with E-state index in [9.17, 15) is 8.42 Å². The van der Waals surface area contributed by atoms with Crippen molar-refractivity contribution in [2.75, 3.05) is 23.2 Å². The number of nitrogens with zero attached hydrogens (tertiary/aromatic N) is 1. The highest BCUT2D eigenvalue weighted by molar-refractivity contribution is 7.94. The van der Waals surface area contributed by atoms with Gasteiger partial charge in [-0.15, -0.1) is 11.3 Å². The van der Waals surface area contributed by atoms with Crippen LogP contribution < -0.4 is 10.0 Å². The zero-order valence-corrected chi connectivity index (χ0v) is 14.4. The molecular weight excluding hydrogens is 334 g/mol.